The largest absolute Gasteiger partial charge is 0.362 e. The summed E-state index contributed by atoms with van der Waals surface area (Å²) in [5.74, 6) is 0. The standard InChI is InChI=1S/C12H17BrN2S/c1-3-4-5-14-12(16)15-11-7-9(2)6-10(13)8-11/h6-8H,3-5H2,1-2H3,(H2,14,15,16). The monoisotopic (exact) mass is 300 g/mol. The summed E-state index contributed by atoms with van der Waals surface area (Å²) in [7, 11) is 0. The molecule has 88 valence electrons. The quantitative estimate of drug-likeness (QED) is 0.652. The van der Waals surface area contributed by atoms with Gasteiger partial charge in [-0.3, -0.25) is 0 Å². The molecular formula is C12H17BrN2S. The van der Waals surface area contributed by atoms with Crippen LogP contribution in [0.2, 0.25) is 0 Å². The van der Waals surface area contributed by atoms with E-state index >= 15 is 0 Å². The van der Waals surface area contributed by atoms with Gasteiger partial charge in [-0.25, -0.2) is 0 Å². The first-order valence-corrected chi connectivity index (χ1v) is 6.64. The van der Waals surface area contributed by atoms with Gasteiger partial charge in [0.15, 0.2) is 5.11 Å². The molecule has 0 aliphatic carbocycles. The number of halogens is 1. The molecule has 0 fully saturated rings. The Kier molecular flexibility index (Phi) is 5.77. The molecule has 0 aliphatic rings. The third-order valence-corrected chi connectivity index (χ3v) is 2.82. The third kappa shape index (κ3) is 4.94. The molecule has 0 radical (unpaired) electrons. The summed E-state index contributed by atoms with van der Waals surface area (Å²) in [6, 6.07) is 6.15. The summed E-state index contributed by atoms with van der Waals surface area (Å²) < 4.78 is 1.06. The molecule has 0 bridgehead atoms. The summed E-state index contributed by atoms with van der Waals surface area (Å²) in [5, 5.41) is 7.03. The van der Waals surface area contributed by atoms with Crippen LogP contribution in [0.1, 0.15) is 25.3 Å². The summed E-state index contributed by atoms with van der Waals surface area (Å²) in [4.78, 5) is 0. The molecule has 2 nitrogen and oxygen atoms in total. The highest BCUT2D eigenvalue weighted by Crippen LogP contribution is 2.18. The fourth-order valence-corrected chi connectivity index (χ4v) is 2.19. The third-order valence-electron chi connectivity index (χ3n) is 2.12. The van der Waals surface area contributed by atoms with Crippen LogP contribution in [-0.2, 0) is 0 Å². The van der Waals surface area contributed by atoms with Crippen LogP contribution in [0.4, 0.5) is 5.69 Å². The van der Waals surface area contributed by atoms with E-state index in [1.165, 1.54) is 12.0 Å². The van der Waals surface area contributed by atoms with Crippen molar-refractivity contribution in [2.24, 2.45) is 0 Å². The smallest absolute Gasteiger partial charge is 0.170 e. The molecule has 0 saturated heterocycles. The van der Waals surface area contributed by atoms with Crippen molar-refractivity contribution in [3.63, 3.8) is 0 Å². The second kappa shape index (κ2) is 6.86. The number of nitrogens with one attached hydrogen (secondary N) is 2. The Bertz CT molecular complexity index is 346. The van der Waals surface area contributed by atoms with Crippen LogP contribution >= 0.6 is 28.1 Å². The normalized spacial score (nSPS) is 9.94. The van der Waals surface area contributed by atoms with E-state index in [0.29, 0.717) is 5.11 Å². The molecule has 0 amide bonds. The van der Waals surface area contributed by atoms with Crippen molar-refractivity contribution in [1.29, 1.82) is 0 Å². The first-order valence-electron chi connectivity index (χ1n) is 5.44. The number of anilines is 1. The van der Waals surface area contributed by atoms with Crippen LogP contribution in [0.5, 0.6) is 0 Å². The van der Waals surface area contributed by atoms with Crippen LogP contribution in [0.3, 0.4) is 0 Å². The highest BCUT2D eigenvalue weighted by Gasteiger charge is 1.99. The molecule has 2 N–H and O–H groups in total. The molecular weight excluding hydrogens is 284 g/mol. The average Bonchev–Trinajstić information content (AvgIpc) is 2.16. The molecule has 0 aliphatic heterocycles. The van der Waals surface area contributed by atoms with Gasteiger partial charge in [-0.15, -0.1) is 0 Å². The SMILES string of the molecule is CCCCNC(=S)Nc1cc(C)cc(Br)c1. The van der Waals surface area contributed by atoms with Crippen LogP contribution in [0, 0.1) is 6.92 Å². The lowest BCUT2D eigenvalue weighted by atomic mass is 10.2. The van der Waals surface area contributed by atoms with Gasteiger partial charge in [0.1, 0.15) is 0 Å². The zero-order valence-corrected chi connectivity index (χ0v) is 12.0. The number of unbranched alkanes of at least 4 members (excludes halogenated alkanes) is 1. The molecule has 0 heterocycles. The Morgan fingerprint density at radius 1 is 1.38 bits per heavy atom. The van der Waals surface area contributed by atoms with Crippen molar-refractivity contribution < 1.29 is 0 Å². The lowest BCUT2D eigenvalue weighted by molar-refractivity contribution is 0.758. The number of hydrogen-bond acceptors (Lipinski definition) is 1. The number of aryl methyl sites for hydroxylation is 1. The van der Waals surface area contributed by atoms with Gasteiger partial charge in [0.25, 0.3) is 0 Å². The Morgan fingerprint density at radius 2 is 2.12 bits per heavy atom. The van der Waals surface area contributed by atoms with Crippen LogP contribution in [0.25, 0.3) is 0 Å². The highest BCUT2D eigenvalue weighted by molar-refractivity contribution is 9.10. The zero-order valence-electron chi connectivity index (χ0n) is 9.64. The first-order chi connectivity index (χ1) is 7.61. The number of benzene rings is 1. The van der Waals surface area contributed by atoms with Crippen molar-refractivity contribution in [1.82, 2.24) is 5.32 Å². The summed E-state index contributed by atoms with van der Waals surface area (Å²) >= 11 is 8.66. The second-order valence-corrected chi connectivity index (χ2v) is 5.08. The van der Waals surface area contributed by atoms with Gasteiger partial charge in [-0.2, -0.15) is 0 Å². The Morgan fingerprint density at radius 3 is 2.75 bits per heavy atom. The van der Waals surface area contributed by atoms with Gasteiger partial charge in [-0.1, -0.05) is 29.3 Å². The van der Waals surface area contributed by atoms with E-state index in [0.717, 1.165) is 23.1 Å². The van der Waals surface area contributed by atoms with Crippen molar-refractivity contribution in [3.05, 3.63) is 28.2 Å². The van der Waals surface area contributed by atoms with E-state index in [1.807, 2.05) is 6.07 Å². The first kappa shape index (κ1) is 13.5. The maximum absolute atomic E-state index is 5.20. The Balaban J connectivity index is 2.49. The fraction of sp³-hybridized carbons (Fsp3) is 0.417. The van der Waals surface area contributed by atoms with Crippen LogP contribution in [0.15, 0.2) is 22.7 Å². The fourth-order valence-electron chi connectivity index (χ4n) is 1.36. The molecule has 4 heteroatoms. The van der Waals surface area contributed by atoms with Crippen molar-refractivity contribution in [2.45, 2.75) is 26.7 Å². The van der Waals surface area contributed by atoms with Gasteiger partial charge in [0.05, 0.1) is 0 Å². The van der Waals surface area contributed by atoms with E-state index in [1.54, 1.807) is 0 Å². The minimum absolute atomic E-state index is 0.686. The maximum Gasteiger partial charge on any atom is 0.170 e. The van der Waals surface area contributed by atoms with E-state index in [-0.39, 0.29) is 0 Å². The van der Waals surface area contributed by atoms with Gasteiger partial charge in [0, 0.05) is 16.7 Å². The Hall–Kier alpha value is -0.610. The van der Waals surface area contributed by atoms with E-state index < -0.39 is 0 Å². The van der Waals surface area contributed by atoms with Crippen LogP contribution in [-0.4, -0.2) is 11.7 Å². The maximum atomic E-state index is 5.20. The van der Waals surface area contributed by atoms with E-state index in [9.17, 15) is 0 Å². The van der Waals surface area contributed by atoms with Crippen molar-refractivity contribution in [2.75, 3.05) is 11.9 Å². The topological polar surface area (TPSA) is 24.1 Å². The van der Waals surface area contributed by atoms with E-state index in [4.69, 9.17) is 12.2 Å². The lowest BCUT2D eigenvalue weighted by Gasteiger charge is -2.11. The molecule has 0 saturated carbocycles. The predicted octanol–water partition coefficient (Wildman–Crippen LogP) is 3.84. The molecule has 16 heavy (non-hydrogen) atoms. The highest BCUT2D eigenvalue weighted by atomic mass is 79.9. The van der Waals surface area contributed by atoms with Crippen molar-refractivity contribution in [3.8, 4) is 0 Å². The minimum atomic E-state index is 0.686. The molecule has 1 rings (SSSR count). The van der Waals surface area contributed by atoms with Gasteiger partial charge in [0.2, 0.25) is 0 Å². The molecule has 0 spiro atoms. The number of thiocarbonyl (C=S) groups is 1. The Labute approximate surface area is 111 Å². The molecule has 1 aromatic carbocycles. The van der Waals surface area contributed by atoms with Gasteiger partial charge < -0.3 is 10.6 Å². The lowest BCUT2D eigenvalue weighted by Crippen LogP contribution is -2.29. The predicted molar refractivity (Wildman–Crippen MR) is 78.0 cm³/mol. The molecule has 0 aromatic heterocycles. The zero-order chi connectivity index (χ0) is 12.0. The molecule has 1 aromatic rings. The van der Waals surface area contributed by atoms with Gasteiger partial charge in [-0.05, 0) is 49.3 Å². The van der Waals surface area contributed by atoms with Crippen LogP contribution < -0.4 is 10.6 Å². The summed E-state index contributed by atoms with van der Waals surface area (Å²) in [5.41, 5.74) is 2.22. The van der Waals surface area contributed by atoms with Gasteiger partial charge >= 0.3 is 0 Å². The number of rotatable bonds is 4. The molecule has 0 unspecified atom stereocenters. The van der Waals surface area contributed by atoms with Crippen molar-refractivity contribution >= 4 is 38.9 Å². The average molecular weight is 301 g/mol. The second-order valence-electron chi connectivity index (χ2n) is 3.75. The van der Waals surface area contributed by atoms with E-state index in [2.05, 4.69) is 52.5 Å². The summed E-state index contributed by atoms with van der Waals surface area (Å²) in [6.45, 7) is 5.15. The number of hydrogen-bond donors (Lipinski definition) is 2. The molecule has 0 atom stereocenters. The summed E-state index contributed by atoms with van der Waals surface area (Å²) in [6.07, 6.45) is 2.31. The minimum Gasteiger partial charge on any atom is -0.362 e.